The molecule has 2 aromatic heterocycles. The van der Waals surface area contributed by atoms with Crippen molar-refractivity contribution in [3.63, 3.8) is 0 Å². The lowest BCUT2D eigenvalue weighted by Crippen LogP contribution is -2.44. The number of halogens is 3. The van der Waals surface area contributed by atoms with E-state index in [0.717, 1.165) is 6.20 Å². The minimum absolute atomic E-state index is 0.0483. The van der Waals surface area contributed by atoms with Crippen LogP contribution in [0.1, 0.15) is 22.8 Å². The van der Waals surface area contributed by atoms with Crippen molar-refractivity contribution in [1.29, 1.82) is 0 Å². The third-order valence-electron chi connectivity index (χ3n) is 5.93. The zero-order valence-electron chi connectivity index (χ0n) is 19.1. The SMILES string of the molecule is CNc1cc(Nc2ccc(C(=O)N3CCO[C@@H](C)C3)c3c2OCCO3)nc2[nH]cc(C(F)(F)F)c12. The maximum atomic E-state index is 13.4. The Bertz CT molecular complexity index is 1280. The summed E-state index contributed by atoms with van der Waals surface area (Å²) < 4.78 is 57.4. The molecule has 4 heterocycles. The zero-order valence-corrected chi connectivity index (χ0v) is 19.1. The summed E-state index contributed by atoms with van der Waals surface area (Å²) in [6, 6.07) is 4.80. The van der Waals surface area contributed by atoms with Crippen LogP contribution in [-0.2, 0) is 10.9 Å². The number of morpholine rings is 1. The third kappa shape index (κ3) is 4.29. The molecule has 2 aliphatic heterocycles. The Morgan fingerprint density at radius 3 is 2.66 bits per heavy atom. The van der Waals surface area contributed by atoms with Crippen LogP contribution >= 0.6 is 0 Å². The van der Waals surface area contributed by atoms with Gasteiger partial charge in [0.25, 0.3) is 5.91 Å². The number of nitrogens with zero attached hydrogens (tertiary/aromatic N) is 2. The van der Waals surface area contributed by atoms with E-state index in [9.17, 15) is 18.0 Å². The standard InChI is InChI=1S/C23H24F3N5O4/c1-12-11-31(5-6-33-12)22(32)13-3-4-15(20-19(13)34-7-8-35-20)29-17-9-16(27-2)18-14(23(24,25)26)10-28-21(18)30-17/h3-4,9-10,12H,5-8,11H2,1-2H3,(H3,27,28,29,30)/t12-/m0/s1. The summed E-state index contributed by atoms with van der Waals surface area (Å²) in [6.07, 6.45) is -3.69. The Kier molecular flexibility index (Phi) is 5.83. The van der Waals surface area contributed by atoms with Gasteiger partial charge in [0.15, 0.2) is 11.5 Å². The highest BCUT2D eigenvalue weighted by Gasteiger charge is 2.35. The summed E-state index contributed by atoms with van der Waals surface area (Å²) in [5.41, 5.74) is 0.377. The van der Waals surface area contributed by atoms with E-state index in [4.69, 9.17) is 14.2 Å². The number of hydrogen-bond donors (Lipinski definition) is 3. The van der Waals surface area contributed by atoms with Gasteiger partial charge in [-0.15, -0.1) is 0 Å². The monoisotopic (exact) mass is 491 g/mol. The van der Waals surface area contributed by atoms with E-state index in [1.165, 1.54) is 13.1 Å². The quantitative estimate of drug-likeness (QED) is 0.507. The van der Waals surface area contributed by atoms with E-state index in [1.807, 2.05) is 6.92 Å². The maximum Gasteiger partial charge on any atom is 0.418 e. The molecule has 1 saturated heterocycles. The molecular formula is C23H24F3N5O4. The Morgan fingerprint density at radius 2 is 1.94 bits per heavy atom. The van der Waals surface area contributed by atoms with Gasteiger partial charge in [-0.1, -0.05) is 0 Å². The van der Waals surface area contributed by atoms with Crippen LogP contribution in [0.2, 0.25) is 0 Å². The lowest BCUT2D eigenvalue weighted by atomic mass is 10.1. The van der Waals surface area contributed by atoms with Gasteiger partial charge < -0.3 is 34.7 Å². The predicted molar refractivity (Wildman–Crippen MR) is 123 cm³/mol. The van der Waals surface area contributed by atoms with Gasteiger partial charge in [0.2, 0.25) is 0 Å². The highest BCUT2D eigenvalue weighted by Crippen LogP contribution is 2.43. The summed E-state index contributed by atoms with van der Waals surface area (Å²) in [6.45, 7) is 3.89. The van der Waals surface area contributed by atoms with Crippen LogP contribution in [0.15, 0.2) is 24.4 Å². The molecule has 1 atom stereocenters. The van der Waals surface area contributed by atoms with E-state index in [0.29, 0.717) is 42.4 Å². The van der Waals surface area contributed by atoms with Crippen molar-refractivity contribution in [1.82, 2.24) is 14.9 Å². The van der Waals surface area contributed by atoms with Crippen LogP contribution in [0.4, 0.5) is 30.4 Å². The molecule has 3 aromatic rings. The summed E-state index contributed by atoms with van der Waals surface area (Å²) in [4.78, 5) is 21.8. The number of pyridine rings is 1. The van der Waals surface area contributed by atoms with Crippen molar-refractivity contribution in [3.05, 3.63) is 35.5 Å². The van der Waals surface area contributed by atoms with Gasteiger partial charge in [0, 0.05) is 38.1 Å². The number of rotatable bonds is 4. The van der Waals surface area contributed by atoms with Gasteiger partial charge in [-0.2, -0.15) is 13.2 Å². The number of alkyl halides is 3. The molecule has 3 N–H and O–H groups in total. The van der Waals surface area contributed by atoms with Crippen LogP contribution in [0.25, 0.3) is 11.0 Å². The number of fused-ring (bicyclic) bond motifs is 2. The summed E-state index contributed by atoms with van der Waals surface area (Å²) in [5.74, 6) is 0.768. The fourth-order valence-corrected chi connectivity index (χ4v) is 4.33. The second-order valence-electron chi connectivity index (χ2n) is 8.30. The number of benzene rings is 1. The van der Waals surface area contributed by atoms with E-state index in [-0.39, 0.29) is 47.8 Å². The number of ether oxygens (including phenoxy) is 3. The second-order valence-corrected chi connectivity index (χ2v) is 8.30. The normalized spacial score (nSPS) is 18.0. The van der Waals surface area contributed by atoms with Crippen molar-refractivity contribution in [2.45, 2.75) is 19.2 Å². The minimum Gasteiger partial charge on any atom is -0.485 e. The van der Waals surface area contributed by atoms with E-state index in [2.05, 4.69) is 20.6 Å². The largest absolute Gasteiger partial charge is 0.485 e. The molecule has 0 spiro atoms. The number of H-pyrrole nitrogens is 1. The van der Waals surface area contributed by atoms with E-state index < -0.39 is 11.7 Å². The molecule has 35 heavy (non-hydrogen) atoms. The Hall–Kier alpha value is -3.67. The number of hydrogen-bond acceptors (Lipinski definition) is 7. The predicted octanol–water partition coefficient (Wildman–Crippen LogP) is 4.00. The Morgan fingerprint density at radius 1 is 1.17 bits per heavy atom. The molecule has 5 rings (SSSR count). The van der Waals surface area contributed by atoms with Crippen molar-refractivity contribution in [2.75, 3.05) is 50.6 Å². The molecule has 0 aliphatic carbocycles. The first-order valence-electron chi connectivity index (χ1n) is 11.1. The van der Waals surface area contributed by atoms with Gasteiger partial charge in [-0.05, 0) is 19.1 Å². The van der Waals surface area contributed by atoms with Gasteiger partial charge >= 0.3 is 6.18 Å². The van der Waals surface area contributed by atoms with Crippen molar-refractivity contribution in [3.8, 4) is 11.5 Å². The van der Waals surface area contributed by atoms with Crippen LogP contribution in [0, 0.1) is 0 Å². The van der Waals surface area contributed by atoms with Gasteiger partial charge in [0.1, 0.15) is 24.7 Å². The molecule has 0 unspecified atom stereocenters. The number of carbonyl (C=O) groups excluding carboxylic acids is 1. The Balaban J connectivity index is 1.50. The Labute approximate surface area is 198 Å². The molecule has 1 fully saturated rings. The molecule has 186 valence electrons. The first-order chi connectivity index (χ1) is 16.8. The topological polar surface area (TPSA) is 101 Å². The fourth-order valence-electron chi connectivity index (χ4n) is 4.33. The highest BCUT2D eigenvalue weighted by molar-refractivity contribution is 5.99. The molecule has 0 radical (unpaired) electrons. The first kappa shape index (κ1) is 23.1. The molecule has 2 aliphatic rings. The van der Waals surface area contributed by atoms with E-state index in [1.54, 1.807) is 17.0 Å². The minimum atomic E-state index is -4.52. The molecule has 12 heteroatoms. The van der Waals surface area contributed by atoms with Crippen LogP contribution in [0.5, 0.6) is 11.5 Å². The first-order valence-corrected chi connectivity index (χ1v) is 11.1. The van der Waals surface area contributed by atoms with Crippen molar-refractivity contribution < 1.29 is 32.2 Å². The van der Waals surface area contributed by atoms with Crippen molar-refractivity contribution in [2.24, 2.45) is 0 Å². The van der Waals surface area contributed by atoms with Gasteiger partial charge in [-0.25, -0.2) is 4.98 Å². The van der Waals surface area contributed by atoms with Crippen molar-refractivity contribution >= 4 is 34.1 Å². The van der Waals surface area contributed by atoms with Gasteiger partial charge in [-0.3, -0.25) is 4.79 Å². The van der Waals surface area contributed by atoms with Gasteiger partial charge in [0.05, 0.1) is 34.9 Å². The lowest BCUT2D eigenvalue weighted by molar-refractivity contribution is -0.136. The van der Waals surface area contributed by atoms with E-state index >= 15 is 0 Å². The van der Waals surface area contributed by atoms with Crippen LogP contribution in [-0.4, -0.2) is 66.8 Å². The molecular weight excluding hydrogens is 467 g/mol. The van der Waals surface area contributed by atoms with Crippen LogP contribution < -0.4 is 20.1 Å². The average molecular weight is 491 g/mol. The zero-order chi connectivity index (χ0) is 24.7. The number of aromatic amines is 1. The summed E-state index contributed by atoms with van der Waals surface area (Å²) in [7, 11) is 1.54. The van der Waals surface area contributed by atoms with Crippen LogP contribution in [0.3, 0.4) is 0 Å². The number of carbonyl (C=O) groups is 1. The molecule has 1 aromatic carbocycles. The smallest absolute Gasteiger partial charge is 0.418 e. The molecule has 0 bridgehead atoms. The molecule has 0 saturated carbocycles. The molecule has 1 amide bonds. The third-order valence-corrected chi connectivity index (χ3v) is 5.93. The number of nitrogens with one attached hydrogen (secondary N) is 3. The lowest BCUT2D eigenvalue weighted by Gasteiger charge is -2.32. The maximum absolute atomic E-state index is 13.4. The molecule has 9 nitrogen and oxygen atoms in total. The fraction of sp³-hybridized carbons (Fsp3) is 0.391. The number of amides is 1. The second kappa shape index (κ2) is 8.84. The number of anilines is 3. The summed E-state index contributed by atoms with van der Waals surface area (Å²) >= 11 is 0. The average Bonchev–Trinajstić information content (AvgIpc) is 3.28. The summed E-state index contributed by atoms with van der Waals surface area (Å²) in [5, 5.41) is 5.85. The highest BCUT2D eigenvalue weighted by atomic mass is 19.4. The number of aromatic nitrogens is 2.